The van der Waals surface area contributed by atoms with Crippen LogP contribution in [-0.2, 0) is 0 Å². The first kappa shape index (κ1) is 15.0. The maximum Gasteiger partial charge on any atom is 0.137 e. The fraction of sp³-hybridized carbons (Fsp3) is 0.294. The molecule has 0 saturated carbocycles. The maximum atomic E-state index is 13.2. The first-order valence-electron chi connectivity index (χ1n) is 6.68. The van der Waals surface area contributed by atoms with Gasteiger partial charge in [-0.15, -0.1) is 0 Å². The molecule has 2 aromatic carbocycles. The molecule has 0 aromatic heterocycles. The highest BCUT2D eigenvalue weighted by molar-refractivity contribution is 9.10. The van der Waals surface area contributed by atoms with Gasteiger partial charge in [0, 0.05) is 11.7 Å². The van der Waals surface area contributed by atoms with E-state index in [1.807, 2.05) is 0 Å². The van der Waals surface area contributed by atoms with Gasteiger partial charge in [0.15, 0.2) is 0 Å². The molecule has 0 aliphatic heterocycles. The second-order valence-corrected chi connectivity index (χ2v) is 6.14. The predicted octanol–water partition coefficient (Wildman–Crippen LogP) is 5.69. The molecule has 1 unspecified atom stereocenters. The van der Waals surface area contributed by atoms with Crippen LogP contribution >= 0.6 is 15.9 Å². The Morgan fingerprint density at radius 2 is 1.65 bits per heavy atom. The van der Waals surface area contributed by atoms with E-state index in [-0.39, 0.29) is 11.9 Å². The summed E-state index contributed by atoms with van der Waals surface area (Å²) in [6, 6.07) is 9.60. The Balaban J connectivity index is 2.25. The number of halogens is 2. The van der Waals surface area contributed by atoms with E-state index >= 15 is 0 Å². The summed E-state index contributed by atoms with van der Waals surface area (Å²) in [6.07, 6.45) is 0. The number of hydrogen-bond acceptors (Lipinski definition) is 1. The third-order valence-corrected chi connectivity index (χ3v) is 4.26. The molecule has 1 atom stereocenters. The molecule has 3 heteroatoms. The van der Waals surface area contributed by atoms with Crippen molar-refractivity contribution >= 4 is 21.6 Å². The Labute approximate surface area is 128 Å². The molecule has 0 radical (unpaired) electrons. The van der Waals surface area contributed by atoms with E-state index in [0.29, 0.717) is 4.47 Å². The van der Waals surface area contributed by atoms with Crippen LogP contribution in [0.2, 0.25) is 0 Å². The highest BCUT2D eigenvalue weighted by Crippen LogP contribution is 2.27. The SMILES string of the molecule is Cc1cc(C)c(C(C)Nc2ccc(F)c(Br)c2)cc1C. The Hall–Kier alpha value is -1.35. The van der Waals surface area contributed by atoms with Crippen LogP contribution in [0.25, 0.3) is 0 Å². The van der Waals surface area contributed by atoms with E-state index in [4.69, 9.17) is 0 Å². The zero-order chi connectivity index (χ0) is 14.9. The normalized spacial score (nSPS) is 12.3. The Morgan fingerprint density at radius 1 is 1.00 bits per heavy atom. The summed E-state index contributed by atoms with van der Waals surface area (Å²) in [5.74, 6) is -0.245. The van der Waals surface area contributed by atoms with Crippen molar-refractivity contribution in [1.29, 1.82) is 0 Å². The highest BCUT2D eigenvalue weighted by atomic mass is 79.9. The first-order valence-corrected chi connectivity index (χ1v) is 7.47. The summed E-state index contributed by atoms with van der Waals surface area (Å²) < 4.78 is 13.7. The van der Waals surface area contributed by atoms with Crippen molar-refractivity contribution in [2.45, 2.75) is 33.7 Å². The first-order chi connectivity index (χ1) is 9.38. The van der Waals surface area contributed by atoms with Gasteiger partial charge in [-0.2, -0.15) is 0 Å². The zero-order valence-corrected chi connectivity index (χ0v) is 13.8. The van der Waals surface area contributed by atoms with Gasteiger partial charge in [-0.3, -0.25) is 0 Å². The smallest absolute Gasteiger partial charge is 0.137 e. The van der Waals surface area contributed by atoms with Gasteiger partial charge in [0.25, 0.3) is 0 Å². The molecule has 0 saturated heterocycles. The molecular weight excluding hydrogens is 317 g/mol. The lowest BCUT2D eigenvalue weighted by Gasteiger charge is -2.19. The molecule has 0 spiro atoms. The molecular formula is C17H19BrFN. The number of nitrogens with one attached hydrogen (secondary N) is 1. The van der Waals surface area contributed by atoms with Crippen LogP contribution in [0.4, 0.5) is 10.1 Å². The summed E-state index contributed by atoms with van der Waals surface area (Å²) in [7, 11) is 0. The Kier molecular flexibility index (Phi) is 4.48. The quantitative estimate of drug-likeness (QED) is 0.760. The van der Waals surface area contributed by atoms with Gasteiger partial charge >= 0.3 is 0 Å². The molecule has 1 nitrogen and oxygen atoms in total. The second kappa shape index (κ2) is 5.96. The fourth-order valence-electron chi connectivity index (χ4n) is 2.36. The van der Waals surface area contributed by atoms with Crippen LogP contribution in [0, 0.1) is 26.6 Å². The third kappa shape index (κ3) is 3.21. The van der Waals surface area contributed by atoms with E-state index in [0.717, 1.165) is 5.69 Å². The summed E-state index contributed by atoms with van der Waals surface area (Å²) >= 11 is 3.21. The van der Waals surface area contributed by atoms with Crippen molar-refractivity contribution in [3.63, 3.8) is 0 Å². The fourth-order valence-corrected chi connectivity index (χ4v) is 2.74. The zero-order valence-electron chi connectivity index (χ0n) is 12.2. The van der Waals surface area contributed by atoms with Gasteiger partial charge in [-0.1, -0.05) is 12.1 Å². The average Bonchev–Trinajstić information content (AvgIpc) is 2.38. The van der Waals surface area contributed by atoms with E-state index in [1.165, 1.54) is 28.3 Å². The summed E-state index contributed by atoms with van der Waals surface area (Å²) in [4.78, 5) is 0. The monoisotopic (exact) mass is 335 g/mol. The molecule has 0 bridgehead atoms. The molecule has 0 aliphatic carbocycles. The average molecular weight is 336 g/mol. The summed E-state index contributed by atoms with van der Waals surface area (Å²) in [5, 5.41) is 3.42. The number of benzene rings is 2. The van der Waals surface area contributed by atoms with Crippen LogP contribution in [0.15, 0.2) is 34.8 Å². The van der Waals surface area contributed by atoms with E-state index in [1.54, 1.807) is 12.1 Å². The van der Waals surface area contributed by atoms with Crippen molar-refractivity contribution in [3.05, 3.63) is 62.9 Å². The molecule has 0 amide bonds. The van der Waals surface area contributed by atoms with Crippen LogP contribution in [0.3, 0.4) is 0 Å². The summed E-state index contributed by atoms with van der Waals surface area (Å²) in [6.45, 7) is 8.50. The van der Waals surface area contributed by atoms with E-state index < -0.39 is 0 Å². The van der Waals surface area contributed by atoms with Gasteiger partial charge in [0.05, 0.1) is 4.47 Å². The van der Waals surface area contributed by atoms with Crippen molar-refractivity contribution < 1.29 is 4.39 Å². The molecule has 2 rings (SSSR count). The molecule has 0 heterocycles. The molecule has 2 aromatic rings. The van der Waals surface area contributed by atoms with Crippen molar-refractivity contribution in [3.8, 4) is 0 Å². The Morgan fingerprint density at radius 3 is 2.30 bits per heavy atom. The Bertz CT molecular complexity index is 637. The van der Waals surface area contributed by atoms with Crippen molar-refractivity contribution in [1.82, 2.24) is 0 Å². The minimum absolute atomic E-state index is 0.173. The topological polar surface area (TPSA) is 12.0 Å². The lowest BCUT2D eigenvalue weighted by Crippen LogP contribution is -2.09. The van der Waals surface area contributed by atoms with Crippen LogP contribution < -0.4 is 5.32 Å². The number of anilines is 1. The molecule has 106 valence electrons. The molecule has 0 fully saturated rings. The lowest BCUT2D eigenvalue weighted by molar-refractivity contribution is 0.621. The second-order valence-electron chi connectivity index (χ2n) is 5.29. The van der Waals surface area contributed by atoms with Gasteiger partial charge in [-0.25, -0.2) is 4.39 Å². The minimum atomic E-state index is -0.245. The van der Waals surface area contributed by atoms with Gasteiger partial charge in [0.1, 0.15) is 5.82 Å². The lowest BCUT2D eigenvalue weighted by atomic mass is 9.96. The molecule has 0 aliphatic rings. The third-order valence-electron chi connectivity index (χ3n) is 3.65. The van der Waals surface area contributed by atoms with Crippen LogP contribution in [0.1, 0.15) is 35.2 Å². The van der Waals surface area contributed by atoms with Crippen LogP contribution in [0.5, 0.6) is 0 Å². The standard InChI is InChI=1S/C17H19BrFN/c1-10-7-12(3)15(8-11(10)2)13(4)20-14-5-6-17(19)16(18)9-14/h5-9,13,20H,1-4H3. The molecule has 20 heavy (non-hydrogen) atoms. The molecule has 1 N–H and O–H groups in total. The van der Waals surface area contributed by atoms with Crippen molar-refractivity contribution in [2.24, 2.45) is 0 Å². The largest absolute Gasteiger partial charge is 0.378 e. The van der Waals surface area contributed by atoms with Crippen molar-refractivity contribution in [2.75, 3.05) is 5.32 Å². The maximum absolute atomic E-state index is 13.2. The predicted molar refractivity (Wildman–Crippen MR) is 86.8 cm³/mol. The van der Waals surface area contributed by atoms with Gasteiger partial charge in [-0.05, 0) is 84.1 Å². The van der Waals surface area contributed by atoms with Gasteiger partial charge < -0.3 is 5.32 Å². The number of aryl methyl sites for hydroxylation is 3. The van der Waals surface area contributed by atoms with Gasteiger partial charge in [0.2, 0.25) is 0 Å². The minimum Gasteiger partial charge on any atom is -0.378 e. The van der Waals surface area contributed by atoms with Crippen LogP contribution in [-0.4, -0.2) is 0 Å². The number of rotatable bonds is 3. The van der Waals surface area contributed by atoms with E-state index in [9.17, 15) is 4.39 Å². The van der Waals surface area contributed by atoms with E-state index in [2.05, 4.69) is 61.1 Å². The highest BCUT2D eigenvalue weighted by Gasteiger charge is 2.11. The summed E-state index contributed by atoms with van der Waals surface area (Å²) in [5.41, 5.74) is 6.05. The number of hydrogen-bond donors (Lipinski definition) is 1.